The highest BCUT2D eigenvalue weighted by Gasteiger charge is 2.27. The molecule has 39 heavy (non-hydrogen) atoms. The van der Waals surface area contributed by atoms with Crippen molar-refractivity contribution in [3.8, 4) is 28.4 Å². The zero-order valence-corrected chi connectivity index (χ0v) is 23.2. The van der Waals surface area contributed by atoms with Crippen molar-refractivity contribution in [1.82, 2.24) is 19.8 Å². The van der Waals surface area contributed by atoms with E-state index in [0.717, 1.165) is 24.1 Å². The smallest absolute Gasteiger partial charge is 0.318 e. The van der Waals surface area contributed by atoms with Gasteiger partial charge in [-0.1, -0.05) is 30.3 Å². The van der Waals surface area contributed by atoms with Crippen LogP contribution in [0.15, 0.2) is 54.7 Å². The molecular formula is C29H37N5O5. The van der Waals surface area contributed by atoms with Crippen LogP contribution in [0, 0.1) is 0 Å². The molecule has 3 aromatic rings. The molecule has 1 aliphatic rings. The number of hydrogen-bond donors (Lipinski definition) is 2. The summed E-state index contributed by atoms with van der Waals surface area (Å²) in [6, 6.07) is 14.8. The van der Waals surface area contributed by atoms with E-state index in [2.05, 4.69) is 10.6 Å². The largest absolute Gasteiger partial charge is 0.493 e. The Morgan fingerprint density at radius 2 is 1.85 bits per heavy atom. The summed E-state index contributed by atoms with van der Waals surface area (Å²) in [6.07, 6.45) is 3.55. The molecule has 10 heteroatoms. The van der Waals surface area contributed by atoms with Gasteiger partial charge in [0.25, 0.3) is 0 Å². The summed E-state index contributed by atoms with van der Waals surface area (Å²) in [5.41, 5.74) is 1.86. The summed E-state index contributed by atoms with van der Waals surface area (Å²) in [4.78, 5) is 32.6. The fourth-order valence-corrected chi connectivity index (χ4v) is 4.38. The van der Waals surface area contributed by atoms with Gasteiger partial charge < -0.3 is 24.4 Å². The Bertz CT molecular complexity index is 1280. The third-order valence-corrected chi connectivity index (χ3v) is 6.22. The average molecular weight is 536 g/mol. The first-order valence-electron chi connectivity index (χ1n) is 13.0. The molecule has 1 atom stereocenters. The molecule has 0 bridgehead atoms. The minimum atomic E-state index is -0.448. The van der Waals surface area contributed by atoms with Crippen LogP contribution >= 0.6 is 0 Å². The number of imidazole rings is 1. The van der Waals surface area contributed by atoms with Crippen molar-refractivity contribution in [1.29, 1.82) is 0 Å². The van der Waals surface area contributed by atoms with Crippen molar-refractivity contribution in [2.24, 2.45) is 0 Å². The Hall–Kier alpha value is -4.05. The molecule has 208 valence electrons. The Labute approximate surface area is 229 Å². The van der Waals surface area contributed by atoms with Gasteiger partial charge >= 0.3 is 6.03 Å². The zero-order valence-electron chi connectivity index (χ0n) is 23.2. The van der Waals surface area contributed by atoms with Crippen molar-refractivity contribution >= 4 is 17.9 Å². The number of nitrogens with zero attached hydrogens (tertiary/aromatic N) is 3. The van der Waals surface area contributed by atoms with Gasteiger partial charge in [0.2, 0.25) is 11.9 Å². The fourth-order valence-electron chi connectivity index (χ4n) is 4.38. The number of anilines is 1. The molecule has 4 rings (SSSR count). The second kappa shape index (κ2) is 12.2. The van der Waals surface area contributed by atoms with Crippen LogP contribution in [0.1, 0.15) is 33.6 Å². The number of methoxy groups -OCH3 is 2. The molecule has 2 N–H and O–H groups in total. The third-order valence-electron chi connectivity index (χ3n) is 6.22. The van der Waals surface area contributed by atoms with E-state index in [1.165, 1.54) is 4.90 Å². The quantitative estimate of drug-likeness (QED) is 0.418. The fraction of sp³-hybridized carbons (Fsp3) is 0.414. The monoisotopic (exact) mass is 535 g/mol. The predicted octanol–water partition coefficient (Wildman–Crippen LogP) is 4.48. The Balaban J connectivity index is 1.62. The molecule has 10 nitrogen and oxygen atoms in total. The maximum atomic E-state index is 13.3. The second-order valence-electron chi connectivity index (χ2n) is 10.5. The summed E-state index contributed by atoms with van der Waals surface area (Å²) in [7, 11) is 3.14. The van der Waals surface area contributed by atoms with Gasteiger partial charge in [-0.3, -0.25) is 14.7 Å². The van der Waals surface area contributed by atoms with Crippen molar-refractivity contribution in [3.63, 3.8) is 0 Å². The minimum absolute atomic E-state index is 0.0954. The van der Waals surface area contributed by atoms with E-state index < -0.39 is 5.54 Å². The first-order chi connectivity index (χ1) is 18.7. The highest BCUT2D eigenvalue weighted by Crippen LogP contribution is 2.31. The van der Waals surface area contributed by atoms with Crippen molar-refractivity contribution in [3.05, 3.63) is 54.7 Å². The van der Waals surface area contributed by atoms with Gasteiger partial charge in [-0.2, -0.15) is 0 Å². The summed E-state index contributed by atoms with van der Waals surface area (Å²) in [5.74, 6) is 1.08. The number of hydrogen-bond acceptors (Lipinski definition) is 6. The molecule has 1 aliphatic heterocycles. The lowest BCUT2D eigenvalue weighted by Crippen LogP contribution is -2.52. The molecule has 0 spiro atoms. The van der Waals surface area contributed by atoms with Crippen LogP contribution in [0.2, 0.25) is 0 Å². The number of ether oxygens (including phenoxy) is 3. The van der Waals surface area contributed by atoms with Gasteiger partial charge in [0.1, 0.15) is 6.54 Å². The molecule has 3 amide bonds. The van der Waals surface area contributed by atoms with Crippen molar-refractivity contribution in [2.45, 2.75) is 45.3 Å². The summed E-state index contributed by atoms with van der Waals surface area (Å²) in [6.45, 7) is 6.55. The number of carbonyl (C=O) groups excluding carboxylic acids is 2. The van der Waals surface area contributed by atoms with Gasteiger partial charge in [-0.15, -0.1) is 0 Å². The summed E-state index contributed by atoms with van der Waals surface area (Å²) >= 11 is 0. The Morgan fingerprint density at radius 3 is 2.49 bits per heavy atom. The Kier molecular flexibility index (Phi) is 8.75. The van der Waals surface area contributed by atoms with Crippen molar-refractivity contribution < 1.29 is 23.8 Å². The van der Waals surface area contributed by atoms with Gasteiger partial charge in [0, 0.05) is 36.5 Å². The maximum Gasteiger partial charge on any atom is 0.318 e. The molecule has 2 aromatic carbocycles. The number of rotatable bonds is 9. The SMILES string of the molecule is COc1ccc(-n2cc(-c3ccccc3)nc2NC(=O)CN(C[C@@H]2CCCO2)C(=O)NC(C)(C)C)cc1OC. The van der Waals surface area contributed by atoms with E-state index in [4.69, 9.17) is 19.2 Å². The molecule has 0 radical (unpaired) electrons. The third kappa shape index (κ3) is 7.29. The van der Waals surface area contributed by atoms with Crippen LogP contribution < -0.4 is 20.1 Å². The molecule has 1 saturated heterocycles. The average Bonchev–Trinajstić information content (AvgIpc) is 3.57. The molecular weight excluding hydrogens is 498 g/mol. The molecule has 0 unspecified atom stereocenters. The molecule has 0 aliphatic carbocycles. The number of benzene rings is 2. The molecule has 2 heterocycles. The second-order valence-corrected chi connectivity index (χ2v) is 10.5. The van der Waals surface area contributed by atoms with Gasteiger partial charge in [-0.05, 0) is 45.7 Å². The van der Waals surface area contributed by atoms with Gasteiger partial charge in [0.05, 0.1) is 31.7 Å². The predicted molar refractivity (Wildman–Crippen MR) is 150 cm³/mol. The minimum Gasteiger partial charge on any atom is -0.493 e. The van der Waals surface area contributed by atoms with E-state index in [0.29, 0.717) is 36.3 Å². The van der Waals surface area contributed by atoms with E-state index in [9.17, 15) is 9.59 Å². The first kappa shape index (κ1) is 28.0. The number of carbonyl (C=O) groups is 2. The summed E-state index contributed by atoms with van der Waals surface area (Å²) in [5, 5.41) is 5.87. The van der Waals surface area contributed by atoms with E-state index >= 15 is 0 Å². The standard InChI is InChI=1S/C29H37N5O5/c1-29(2,3)32-28(36)33(17-22-12-9-15-39-22)19-26(35)31-27-30-23(20-10-7-6-8-11-20)18-34(27)21-13-14-24(37-4)25(16-21)38-5/h6-8,10-11,13-14,16,18,22H,9,12,15,17,19H2,1-5H3,(H,32,36)(H,30,31,35)/t22-/m0/s1. The first-order valence-corrected chi connectivity index (χ1v) is 13.0. The van der Waals surface area contributed by atoms with E-state index in [-0.39, 0.29) is 24.6 Å². The van der Waals surface area contributed by atoms with Gasteiger partial charge in [0.15, 0.2) is 11.5 Å². The normalized spacial score (nSPS) is 15.1. The highest BCUT2D eigenvalue weighted by molar-refractivity contribution is 5.93. The zero-order chi connectivity index (χ0) is 28.0. The van der Waals surface area contributed by atoms with Crippen LogP contribution in [0.25, 0.3) is 16.9 Å². The van der Waals surface area contributed by atoms with Crippen LogP contribution in [0.3, 0.4) is 0 Å². The van der Waals surface area contributed by atoms with Crippen LogP contribution in [0.5, 0.6) is 11.5 Å². The number of amides is 3. The number of urea groups is 1. The van der Waals surface area contributed by atoms with Crippen LogP contribution in [-0.4, -0.2) is 71.9 Å². The number of aromatic nitrogens is 2. The van der Waals surface area contributed by atoms with E-state index in [1.807, 2.05) is 69.4 Å². The van der Waals surface area contributed by atoms with Gasteiger partial charge in [-0.25, -0.2) is 9.78 Å². The van der Waals surface area contributed by atoms with E-state index in [1.54, 1.807) is 24.9 Å². The molecule has 0 saturated carbocycles. The lowest BCUT2D eigenvalue weighted by atomic mass is 10.1. The maximum absolute atomic E-state index is 13.3. The lowest BCUT2D eigenvalue weighted by molar-refractivity contribution is -0.117. The topological polar surface area (TPSA) is 107 Å². The lowest BCUT2D eigenvalue weighted by Gasteiger charge is -2.29. The highest BCUT2D eigenvalue weighted by atomic mass is 16.5. The molecule has 1 aromatic heterocycles. The van der Waals surface area contributed by atoms with Crippen LogP contribution in [-0.2, 0) is 9.53 Å². The summed E-state index contributed by atoms with van der Waals surface area (Å²) < 4.78 is 18.4. The number of nitrogens with one attached hydrogen (secondary N) is 2. The Morgan fingerprint density at radius 1 is 1.10 bits per heavy atom. The molecule has 1 fully saturated rings. The van der Waals surface area contributed by atoms with Crippen LogP contribution in [0.4, 0.5) is 10.7 Å². The van der Waals surface area contributed by atoms with Crippen molar-refractivity contribution in [2.75, 3.05) is 39.2 Å².